The van der Waals surface area contributed by atoms with Crippen LogP contribution in [0.2, 0.25) is 0 Å². The number of halogens is 4. The standard InChI is InChI=1S/C11H8BrF3N2S/c12-4-1-2-6(13)5(3-4)8-7-9(11(7,14)15)18-10(16)17-8/h1-3,7-9H,(H2,16,17). The quantitative estimate of drug-likeness (QED) is 0.854. The van der Waals surface area contributed by atoms with E-state index in [4.69, 9.17) is 5.73 Å². The van der Waals surface area contributed by atoms with Crippen LogP contribution in [0, 0.1) is 11.7 Å². The maximum atomic E-state index is 13.7. The Morgan fingerprint density at radius 2 is 2.11 bits per heavy atom. The number of rotatable bonds is 1. The summed E-state index contributed by atoms with van der Waals surface area (Å²) >= 11 is 4.08. The zero-order chi connectivity index (χ0) is 13.1. The lowest BCUT2D eigenvalue weighted by Gasteiger charge is -2.17. The molecule has 96 valence electrons. The summed E-state index contributed by atoms with van der Waals surface area (Å²) in [5.74, 6) is -4.32. The maximum Gasteiger partial charge on any atom is 0.267 e. The third kappa shape index (κ3) is 1.75. The van der Waals surface area contributed by atoms with Gasteiger partial charge in [0.25, 0.3) is 5.92 Å². The number of hydrogen-bond donors (Lipinski definition) is 1. The summed E-state index contributed by atoms with van der Waals surface area (Å²) in [4.78, 5) is 3.99. The van der Waals surface area contributed by atoms with E-state index in [1.165, 1.54) is 18.2 Å². The van der Waals surface area contributed by atoms with Gasteiger partial charge in [-0.05, 0) is 18.2 Å². The van der Waals surface area contributed by atoms with Crippen molar-refractivity contribution in [2.24, 2.45) is 16.6 Å². The third-order valence-corrected chi connectivity index (χ3v) is 4.87. The van der Waals surface area contributed by atoms with Gasteiger partial charge in [0, 0.05) is 10.0 Å². The number of hydrogen-bond acceptors (Lipinski definition) is 3. The Balaban J connectivity index is 2.05. The molecule has 0 aromatic heterocycles. The average molecular weight is 337 g/mol. The van der Waals surface area contributed by atoms with Crippen LogP contribution < -0.4 is 5.73 Å². The van der Waals surface area contributed by atoms with Crippen LogP contribution in [0.25, 0.3) is 0 Å². The fraction of sp³-hybridized carbons (Fsp3) is 0.364. The van der Waals surface area contributed by atoms with Crippen molar-refractivity contribution in [2.75, 3.05) is 0 Å². The molecule has 1 aliphatic carbocycles. The Kier molecular flexibility index (Phi) is 2.68. The van der Waals surface area contributed by atoms with Gasteiger partial charge in [-0.3, -0.25) is 4.99 Å². The lowest BCUT2D eigenvalue weighted by atomic mass is 10.0. The van der Waals surface area contributed by atoms with Gasteiger partial charge in [-0.15, -0.1) is 0 Å². The maximum absolute atomic E-state index is 13.7. The number of aliphatic imine (C=N–C) groups is 1. The predicted octanol–water partition coefficient (Wildman–Crippen LogP) is 3.32. The summed E-state index contributed by atoms with van der Waals surface area (Å²) in [6.07, 6.45) is 0. The third-order valence-electron chi connectivity index (χ3n) is 3.17. The summed E-state index contributed by atoms with van der Waals surface area (Å²) in [7, 11) is 0. The molecule has 0 radical (unpaired) electrons. The molecule has 18 heavy (non-hydrogen) atoms. The number of fused-ring (bicyclic) bond motifs is 1. The van der Waals surface area contributed by atoms with E-state index in [9.17, 15) is 13.2 Å². The Labute approximate surface area is 114 Å². The molecular weight excluding hydrogens is 329 g/mol. The van der Waals surface area contributed by atoms with Gasteiger partial charge in [0.1, 0.15) is 5.82 Å². The SMILES string of the molecule is NC1=NC(c2cc(Br)ccc2F)C2C(S1)C2(F)F. The topological polar surface area (TPSA) is 38.4 Å². The van der Waals surface area contributed by atoms with Crippen molar-refractivity contribution in [3.8, 4) is 0 Å². The minimum absolute atomic E-state index is 0.0952. The van der Waals surface area contributed by atoms with Crippen LogP contribution in [0.4, 0.5) is 13.2 Å². The van der Waals surface area contributed by atoms with E-state index in [1.54, 1.807) is 0 Å². The minimum atomic E-state index is -2.82. The van der Waals surface area contributed by atoms with Crippen LogP contribution in [0.15, 0.2) is 27.7 Å². The summed E-state index contributed by atoms with van der Waals surface area (Å²) < 4.78 is 41.5. The molecule has 2 N–H and O–H groups in total. The van der Waals surface area contributed by atoms with Gasteiger partial charge in [-0.1, -0.05) is 27.7 Å². The summed E-state index contributed by atoms with van der Waals surface area (Å²) in [5.41, 5.74) is 5.70. The van der Waals surface area contributed by atoms with Crippen molar-refractivity contribution < 1.29 is 13.2 Å². The molecule has 3 atom stereocenters. The molecule has 1 aliphatic heterocycles. The molecule has 3 unspecified atom stereocenters. The highest BCUT2D eigenvalue weighted by molar-refractivity contribution is 9.10. The number of alkyl halides is 2. The van der Waals surface area contributed by atoms with Gasteiger partial charge in [0.15, 0.2) is 5.17 Å². The Bertz CT molecular complexity index is 549. The smallest absolute Gasteiger partial charge is 0.267 e. The molecule has 2 nitrogen and oxygen atoms in total. The molecule has 1 fully saturated rings. The van der Waals surface area contributed by atoms with E-state index >= 15 is 0 Å². The molecule has 0 amide bonds. The number of thioether (sulfide) groups is 1. The highest BCUT2D eigenvalue weighted by Crippen LogP contribution is 2.64. The molecular formula is C11H8BrF3N2S. The van der Waals surface area contributed by atoms with Crippen LogP contribution in [0.1, 0.15) is 11.6 Å². The van der Waals surface area contributed by atoms with Crippen LogP contribution in [0.5, 0.6) is 0 Å². The van der Waals surface area contributed by atoms with Crippen LogP contribution in [0.3, 0.4) is 0 Å². The predicted molar refractivity (Wildman–Crippen MR) is 68.3 cm³/mol. The Hall–Kier alpha value is -0.690. The number of nitrogens with two attached hydrogens (primary N) is 1. The molecule has 1 saturated carbocycles. The number of benzene rings is 1. The van der Waals surface area contributed by atoms with Crippen molar-refractivity contribution in [2.45, 2.75) is 17.2 Å². The van der Waals surface area contributed by atoms with Gasteiger partial charge < -0.3 is 5.73 Å². The van der Waals surface area contributed by atoms with Gasteiger partial charge >= 0.3 is 0 Å². The van der Waals surface area contributed by atoms with Gasteiger partial charge in [-0.25, -0.2) is 13.2 Å². The van der Waals surface area contributed by atoms with E-state index in [-0.39, 0.29) is 10.7 Å². The van der Waals surface area contributed by atoms with E-state index in [0.717, 1.165) is 11.8 Å². The van der Waals surface area contributed by atoms with Crippen LogP contribution >= 0.6 is 27.7 Å². The van der Waals surface area contributed by atoms with E-state index in [1.807, 2.05) is 0 Å². The fourth-order valence-corrected chi connectivity index (χ4v) is 3.76. The van der Waals surface area contributed by atoms with Gasteiger partial charge in [0.2, 0.25) is 0 Å². The summed E-state index contributed by atoms with van der Waals surface area (Å²) in [6, 6.07) is 3.34. The van der Waals surface area contributed by atoms with Crippen molar-refractivity contribution in [3.05, 3.63) is 34.1 Å². The van der Waals surface area contributed by atoms with Crippen molar-refractivity contribution in [1.29, 1.82) is 0 Å². The monoisotopic (exact) mass is 336 g/mol. The Morgan fingerprint density at radius 1 is 1.39 bits per heavy atom. The van der Waals surface area contributed by atoms with E-state index < -0.39 is 28.9 Å². The van der Waals surface area contributed by atoms with Crippen molar-refractivity contribution >= 4 is 32.9 Å². The highest BCUT2D eigenvalue weighted by atomic mass is 79.9. The lowest BCUT2D eigenvalue weighted by Crippen LogP contribution is -2.17. The van der Waals surface area contributed by atoms with Crippen LogP contribution in [-0.2, 0) is 0 Å². The first kappa shape index (κ1) is 12.3. The van der Waals surface area contributed by atoms with Gasteiger partial charge in [-0.2, -0.15) is 0 Å². The number of nitrogens with zero attached hydrogens (tertiary/aromatic N) is 1. The Morgan fingerprint density at radius 3 is 2.83 bits per heavy atom. The van der Waals surface area contributed by atoms with E-state index in [0.29, 0.717) is 4.47 Å². The second-order valence-electron chi connectivity index (χ2n) is 4.32. The fourth-order valence-electron chi connectivity index (χ4n) is 2.23. The summed E-state index contributed by atoms with van der Waals surface area (Å²) in [5, 5.41) is -0.781. The second kappa shape index (κ2) is 3.90. The van der Waals surface area contributed by atoms with Crippen molar-refractivity contribution in [1.82, 2.24) is 0 Å². The number of amidine groups is 1. The zero-order valence-corrected chi connectivity index (χ0v) is 11.3. The van der Waals surface area contributed by atoms with E-state index in [2.05, 4.69) is 20.9 Å². The molecule has 1 aromatic rings. The molecule has 3 rings (SSSR count). The molecule has 0 saturated heterocycles. The molecule has 7 heteroatoms. The lowest BCUT2D eigenvalue weighted by molar-refractivity contribution is 0.0948. The normalized spacial score (nSPS) is 32.7. The molecule has 2 aliphatic rings. The molecule has 1 heterocycles. The molecule has 0 spiro atoms. The zero-order valence-electron chi connectivity index (χ0n) is 8.91. The second-order valence-corrected chi connectivity index (χ2v) is 6.39. The van der Waals surface area contributed by atoms with Gasteiger partial charge in [0.05, 0.1) is 17.2 Å². The molecule has 0 bridgehead atoms. The van der Waals surface area contributed by atoms with Crippen molar-refractivity contribution in [3.63, 3.8) is 0 Å². The first-order valence-electron chi connectivity index (χ1n) is 5.24. The first-order chi connectivity index (χ1) is 8.41. The highest BCUT2D eigenvalue weighted by Gasteiger charge is 2.73. The minimum Gasteiger partial charge on any atom is -0.379 e. The first-order valence-corrected chi connectivity index (χ1v) is 6.91. The molecule has 1 aromatic carbocycles. The van der Waals surface area contributed by atoms with Crippen LogP contribution in [-0.4, -0.2) is 16.3 Å². The largest absolute Gasteiger partial charge is 0.379 e. The average Bonchev–Trinajstić information content (AvgIpc) is 2.84. The summed E-state index contributed by atoms with van der Waals surface area (Å²) in [6.45, 7) is 0.